The molecule has 11 unspecified atom stereocenters. The third kappa shape index (κ3) is 8.97. The SMILES string of the molecule is CC(=O)OC12COC1CC(O)[C@@]1(C)C3OC(C)(C)OC3C3=C(C)C(OC(=O)C(O[Si](C(C)C)(C(C)C)C(C)C)C(NC(=O)OC(C)(C)C)c4ccco4)CC(O)(C(OC(=O)c4ccccc4)C21)C3(C)C. The van der Waals surface area contributed by atoms with Gasteiger partial charge in [0.15, 0.2) is 17.5 Å². The van der Waals surface area contributed by atoms with E-state index in [9.17, 15) is 24.6 Å². The molecule has 12 atom stereocenters. The topological polar surface area (TPSA) is 208 Å². The van der Waals surface area contributed by atoms with Crippen LogP contribution < -0.4 is 5.32 Å². The minimum atomic E-state index is -3.01. The van der Waals surface area contributed by atoms with Crippen molar-refractivity contribution in [3.05, 3.63) is 71.2 Å². The Morgan fingerprint density at radius 2 is 1.51 bits per heavy atom. The summed E-state index contributed by atoms with van der Waals surface area (Å²) in [5.41, 5.74) is -6.23. The molecular formula is C53H77NO15Si. The molecule has 3 N–H and O–H groups in total. The van der Waals surface area contributed by atoms with Gasteiger partial charge in [-0.3, -0.25) is 4.79 Å². The summed E-state index contributed by atoms with van der Waals surface area (Å²) in [5, 5.41) is 29.7. The van der Waals surface area contributed by atoms with Gasteiger partial charge in [-0.05, 0) is 93.6 Å². The van der Waals surface area contributed by atoms with Gasteiger partial charge in [0.05, 0.1) is 36.6 Å². The van der Waals surface area contributed by atoms with E-state index in [1.54, 1.807) is 84.0 Å². The van der Waals surface area contributed by atoms with Crippen LogP contribution in [0, 0.1) is 16.7 Å². The number of carbonyl (C=O) groups excluding carboxylic acids is 4. The molecule has 5 aliphatic rings. The maximum Gasteiger partial charge on any atom is 0.408 e. The van der Waals surface area contributed by atoms with Gasteiger partial charge in [-0.15, -0.1) is 0 Å². The van der Waals surface area contributed by atoms with E-state index in [-0.39, 0.29) is 47.4 Å². The number of esters is 3. The van der Waals surface area contributed by atoms with Crippen LogP contribution in [-0.4, -0.2) is 114 Å². The molecule has 3 aliphatic carbocycles. The fourth-order valence-electron chi connectivity index (χ4n) is 13.2. The third-order valence-electron chi connectivity index (χ3n) is 16.3. The number of amides is 1. The molecule has 70 heavy (non-hydrogen) atoms. The molecule has 0 radical (unpaired) electrons. The Kier molecular flexibility index (Phi) is 14.4. The van der Waals surface area contributed by atoms with Gasteiger partial charge in [0, 0.05) is 30.6 Å². The van der Waals surface area contributed by atoms with E-state index in [0.717, 1.165) is 0 Å². The zero-order chi connectivity index (χ0) is 51.9. The van der Waals surface area contributed by atoms with Gasteiger partial charge in [-0.1, -0.05) is 80.5 Å². The maximum absolute atomic E-state index is 15.7. The molecule has 2 aromatic rings. The first-order valence-electron chi connectivity index (χ1n) is 24.8. The molecule has 1 aromatic heterocycles. The monoisotopic (exact) mass is 996 g/mol. The lowest BCUT2D eigenvalue weighted by Crippen LogP contribution is -2.82. The molecule has 3 heterocycles. The minimum Gasteiger partial charge on any atom is -0.467 e. The molecule has 1 amide bonds. The second-order valence-electron chi connectivity index (χ2n) is 23.4. The Bertz CT molecular complexity index is 2280. The first-order chi connectivity index (χ1) is 32.4. The Morgan fingerprint density at radius 1 is 0.886 bits per heavy atom. The summed E-state index contributed by atoms with van der Waals surface area (Å²) < 4.78 is 58.8. The molecule has 7 rings (SSSR count). The van der Waals surface area contributed by atoms with Crippen molar-refractivity contribution in [2.24, 2.45) is 16.7 Å². The van der Waals surface area contributed by atoms with Crippen LogP contribution in [0.5, 0.6) is 0 Å². The number of furan rings is 1. The number of carbonyl (C=O) groups is 4. The quantitative estimate of drug-likeness (QED) is 0.0743. The predicted molar refractivity (Wildman–Crippen MR) is 259 cm³/mol. The van der Waals surface area contributed by atoms with Crippen molar-refractivity contribution >= 4 is 32.3 Å². The Balaban J connectivity index is 1.45. The number of benzene rings is 1. The van der Waals surface area contributed by atoms with Crippen LogP contribution >= 0.6 is 0 Å². The number of fused-ring (bicyclic) bond motifs is 8. The first-order valence-corrected chi connectivity index (χ1v) is 27.0. The van der Waals surface area contributed by atoms with Crippen LogP contribution in [0.1, 0.15) is 146 Å². The van der Waals surface area contributed by atoms with Crippen LogP contribution in [0.3, 0.4) is 0 Å². The van der Waals surface area contributed by atoms with Crippen LogP contribution in [-0.2, 0) is 47.2 Å². The summed E-state index contributed by atoms with van der Waals surface area (Å²) >= 11 is 0. The van der Waals surface area contributed by atoms with Crippen LogP contribution in [0.25, 0.3) is 0 Å². The molecule has 388 valence electrons. The number of aliphatic hydroxyl groups excluding tert-OH is 1. The highest BCUT2D eigenvalue weighted by Gasteiger charge is 2.79. The summed E-state index contributed by atoms with van der Waals surface area (Å²) in [5.74, 6) is -4.53. The van der Waals surface area contributed by atoms with Crippen molar-refractivity contribution in [3.63, 3.8) is 0 Å². The zero-order valence-corrected chi connectivity index (χ0v) is 44.9. The van der Waals surface area contributed by atoms with E-state index in [0.29, 0.717) is 11.1 Å². The Labute approximate surface area is 413 Å². The lowest BCUT2D eigenvalue weighted by Gasteiger charge is -2.68. The Morgan fingerprint density at radius 3 is 2.04 bits per heavy atom. The summed E-state index contributed by atoms with van der Waals surface area (Å²) in [6.45, 7) is 29.6. The minimum absolute atomic E-state index is 0.0166. The van der Waals surface area contributed by atoms with Gasteiger partial charge in [0.25, 0.3) is 0 Å². The zero-order valence-electron chi connectivity index (χ0n) is 43.9. The number of hydrogen-bond acceptors (Lipinski definition) is 15. The first kappa shape index (κ1) is 53.7. The molecule has 2 aliphatic heterocycles. The van der Waals surface area contributed by atoms with E-state index < -0.39 is 120 Å². The van der Waals surface area contributed by atoms with Crippen LogP contribution in [0.4, 0.5) is 4.79 Å². The average Bonchev–Trinajstić information content (AvgIpc) is 3.89. The third-order valence-corrected chi connectivity index (χ3v) is 22.3. The van der Waals surface area contributed by atoms with Gasteiger partial charge >= 0.3 is 24.0 Å². The lowest BCUT2D eigenvalue weighted by molar-refractivity contribution is -0.362. The van der Waals surface area contributed by atoms with Gasteiger partial charge in [0.2, 0.25) is 8.32 Å². The number of nitrogens with one attached hydrogen (secondary N) is 1. The predicted octanol–water partition coefficient (Wildman–Crippen LogP) is 8.64. The Hall–Kier alpha value is -4.10. The molecule has 17 heteroatoms. The number of alkyl carbamates (subject to hydrolysis) is 1. The van der Waals surface area contributed by atoms with Gasteiger partial charge in [-0.25, -0.2) is 14.4 Å². The van der Waals surface area contributed by atoms with Crippen molar-refractivity contribution < 1.29 is 71.4 Å². The molecule has 2 saturated carbocycles. The van der Waals surface area contributed by atoms with Crippen molar-refractivity contribution in [1.29, 1.82) is 0 Å². The average molecular weight is 996 g/mol. The van der Waals surface area contributed by atoms with Gasteiger partial charge < -0.3 is 57.5 Å². The van der Waals surface area contributed by atoms with Crippen molar-refractivity contribution in [2.75, 3.05) is 6.61 Å². The molecule has 1 aromatic carbocycles. The molecule has 4 fully saturated rings. The largest absolute Gasteiger partial charge is 0.467 e. The smallest absolute Gasteiger partial charge is 0.408 e. The molecule has 2 saturated heterocycles. The summed E-state index contributed by atoms with van der Waals surface area (Å²) in [6.07, 6.45) is -8.09. The van der Waals surface area contributed by atoms with E-state index in [1.165, 1.54) is 13.2 Å². The number of rotatable bonds is 13. The molecule has 0 spiro atoms. The van der Waals surface area contributed by atoms with Crippen molar-refractivity contribution in [2.45, 2.75) is 212 Å². The van der Waals surface area contributed by atoms with Gasteiger partial charge in [-0.2, -0.15) is 0 Å². The van der Waals surface area contributed by atoms with E-state index in [2.05, 4.69) is 46.9 Å². The molecule has 2 bridgehead atoms. The summed E-state index contributed by atoms with van der Waals surface area (Å²) in [6, 6.07) is 10.4. The lowest BCUT2D eigenvalue weighted by atomic mass is 9.44. The highest BCUT2D eigenvalue weighted by molar-refractivity contribution is 6.77. The van der Waals surface area contributed by atoms with Crippen LogP contribution in [0.15, 0.2) is 64.3 Å². The van der Waals surface area contributed by atoms with E-state index in [1.807, 2.05) is 20.8 Å². The van der Waals surface area contributed by atoms with E-state index in [4.69, 9.17) is 42.0 Å². The van der Waals surface area contributed by atoms with Crippen LogP contribution in [0.2, 0.25) is 16.6 Å². The highest BCUT2D eigenvalue weighted by Crippen LogP contribution is 2.67. The summed E-state index contributed by atoms with van der Waals surface area (Å²) in [4.78, 5) is 57.5. The fraction of sp³-hybridized carbons (Fsp3) is 0.698. The number of hydrogen-bond donors (Lipinski definition) is 3. The highest BCUT2D eigenvalue weighted by atomic mass is 28.4. The van der Waals surface area contributed by atoms with Crippen molar-refractivity contribution in [1.82, 2.24) is 5.32 Å². The number of aliphatic hydroxyl groups is 2. The maximum atomic E-state index is 15.7. The fourth-order valence-corrected chi connectivity index (χ4v) is 18.7. The normalized spacial score (nSPS) is 33.1. The second-order valence-corrected chi connectivity index (χ2v) is 28.8. The van der Waals surface area contributed by atoms with E-state index >= 15 is 4.79 Å². The standard InChI is InChI=1S/C53H77NO15Si/c1-28(2)70(29(3)4,30(5)6)69-41(39(34-23-20-24-61-34)54-47(59)68-48(9,10)11)46(58)63-35-26-53(60)44(64-45(57)33-21-18-17-19-22-33)42-51(16,36(56)25-37-52(42,27-62-37)65-32(8)55)43-40(66-50(14,15)67-43)38(31(35)7)49(53,12)13/h17-24,28-30,35-37,39-44,56,60H,25-27H2,1-16H3,(H,54,59)/t35?,36?,37?,39?,40?,41?,42?,43?,44?,51-,52?,53?/m1/s1. The molecule has 16 nitrogen and oxygen atoms in total. The van der Waals surface area contributed by atoms with Gasteiger partial charge in [0.1, 0.15) is 47.4 Å². The second kappa shape index (κ2) is 18.7. The van der Waals surface area contributed by atoms with Crippen molar-refractivity contribution in [3.8, 4) is 0 Å². The number of ether oxygens (including phenoxy) is 7. The molecular weight excluding hydrogens is 919 g/mol. The summed E-state index contributed by atoms with van der Waals surface area (Å²) in [7, 11) is -3.01.